The lowest BCUT2D eigenvalue weighted by molar-refractivity contribution is 0.0919. The van der Waals surface area contributed by atoms with Crippen LogP contribution in [0.4, 0.5) is 0 Å². The molecule has 2 aromatic rings. The van der Waals surface area contributed by atoms with Gasteiger partial charge in [0.25, 0.3) is 5.91 Å². The van der Waals surface area contributed by atoms with E-state index >= 15 is 0 Å². The molecule has 1 N–H and O–H groups in total. The van der Waals surface area contributed by atoms with Gasteiger partial charge in [0.05, 0.1) is 37.4 Å². The normalized spacial score (nSPS) is 17.0. The van der Waals surface area contributed by atoms with E-state index < -0.39 is 0 Å². The first-order valence-electron chi connectivity index (χ1n) is 7.83. The Kier molecular flexibility index (Phi) is 4.27. The summed E-state index contributed by atoms with van der Waals surface area (Å²) < 4.78 is 7.00. The molecule has 0 aromatic carbocycles. The molecule has 1 aliphatic carbocycles. The van der Waals surface area contributed by atoms with Gasteiger partial charge in [-0.25, -0.2) is 9.97 Å². The molecular formula is C16H21N5O2. The molecule has 0 bridgehead atoms. The summed E-state index contributed by atoms with van der Waals surface area (Å²) in [7, 11) is 1.54. The Balaban J connectivity index is 1.81. The van der Waals surface area contributed by atoms with Gasteiger partial charge in [-0.3, -0.25) is 9.48 Å². The van der Waals surface area contributed by atoms with Crippen molar-refractivity contribution >= 4 is 5.91 Å². The highest BCUT2D eigenvalue weighted by molar-refractivity contribution is 5.90. The monoisotopic (exact) mass is 315 g/mol. The molecule has 0 aliphatic heterocycles. The van der Waals surface area contributed by atoms with Crippen molar-refractivity contribution < 1.29 is 9.53 Å². The fourth-order valence-corrected chi connectivity index (χ4v) is 2.93. The number of amides is 1. The lowest BCUT2D eigenvalue weighted by atomic mass is 9.93. The molecule has 23 heavy (non-hydrogen) atoms. The predicted octanol–water partition coefficient (Wildman–Crippen LogP) is 2.07. The van der Waals surface area contributed by atoms with E-state index in [0.717, 1.165) is 25.0 Å². The Morgan fingerprint density at radius 3 is 2.74 bits per heavy atom. The Bertz CT molecular complexity index is 693. The summed E-state index contributed by atoms with van der Waals surface area (Å²) in [5.41, 5.74) is 2.32. The van der Waals surface area contributed by atoms with Gasteiger partial charge < -0.3 is 10.1 Å². The number of ether oxygens (including phenoxy) is 1. The van der Waals surface area contributed by atoms with Crippen LogP contribution in [0.25, 0.3) is 0 Å². The summed E-state index contributed by atoms with van der Waals surface area (Å²) in [6, 6.07) is 0.204. The summed E-state index contributed by atoms with van der Waals surface area (Å²) in [4.78, 5) is 20.5. The summed E-state index contributed by atoms with van der Waals surface area (Å²) in [6.07, 6.45) is 7.84. The van der Waals surface area contributed by atoms with E-state index in [4.69, 9.17) is 4.74 Å². The molecule has 1 amide bonds. The highest BCUT2D eigenvalue weighted by Crippen LogP contribution is 2.31. The van der Waals surface area contributed by atoms with Crippen LogP contribution in [0.5, 0.6) is 5.75 Å². The maximum absolute atomic E-state index is 12.4. The van der Waals surface area contributed by atoms with Crippen molar-refractivity contribution in [3.8, 4) is 5.75 Å². The lowest BCUT2D eigenvalue weighted by Crippen LogP contribution is -2.33. The average molecular weight is 315 g/mol. The molecule has 0 fully saturated rings. The van der Waals surface area contributed by atoms with E-state index in [1.807, 2.05) is 10.9 Å². The van der Waals surface area contributed by atoms with Crippen LogP contribution in [0.15, 0.2) is 18.6 Å². The van der Waals surface area contributed by atoms with Crippen molar-refractivity contribution in [2.24, 2.45) is 0 Å². The minimum absolute atomic E-state index is 0.0538. The highest BCUT2D eigenvalue weighted by Gasteiger charge is 2.28. The number of aromatic nitrogens is 4. The fraction of sp³-hybridized carbons (Fsp3) is 0.500. The number of methoxy groups -OCH3 is 1. The molecule has 1 aliphatic rings. The maximum atomic E-state index is 12.4. The first-order valence-corrected chi connectivity index (χ1v) is 7.83. The van der Waals surface area contributed by atoms with Crippen LogP contribution in [-0.4, -0.2) is 32.8 Å². The van der Waals surface area contributed by atoms with E-state index in [1.165, 1.54) is 25.1 Å². The van der Waals surface area contributed by atoms with E-state index in [2.05, 4.69) is 34.2 Å². The largest absolute Gasteiger partial charge is 0.494 e. The van der Waals surface area contributed by atoms with E-state index in [0.29, 0.717) is 5.75 Å². The summed E-state index contributed by atoms with van der Waals surface area (Å²) in [6.45, 7) is 4.18. The first-order chi connectivity index (χ1) is 11.1. The molecule has 7 nitrogen and oxygen atoms in total. The fourth-order valence-electron chi connectivity index (χ4n) is 2.93. The van der Waals surface area contributed by atoms with Gasteiger partial charge in [-0.2, -0.15) is 5.10 Å². The number of carbonyl (C=O) groups excluding carboxylic acids is 1. The number of fused-ring (bicyclic) bond motifs is 1. The second-order valence-electron chi connectivity index (χ2n) is 5.96. The maximum Gasteiger partial charge on any atom is 0.289 e. The smallest absolute Gasteiger partial charge is 0.289 e. The van der Waals surface area contributed by atoms with Crippen molar-refractivity contribution in [3.05, 3.63) is 35.7 Å². The topological polar surface area (TPSA) is 81.9 Å². The van der Waals surface area contributed by atoms with Crippen LogP contribution in [0.2, 0.25) is 0 Å². The van der Waals surface area contributed by atoms with Crippen LogP contribution in [-0.2, 0) is 6.42 Å². The second kappa shape index (κ2) is 6.36. The van der Waals surface area contributed by atoms with Gasteiger partial charge in [-0.15, -0.1) is 0 Å². The van der Waals surface area contributed by atoms with E-state index in [9.17, 15) is 4.79 Å². The highest BCUT2D eigenvalue weighted by atomic mass is 16.5. The molecule has 0 saturated carbocycles. The van der Waals surface area contributed by atoms with Crippen LogP contribution in [0, 0.1) is 0 Å². The summed E-state index contributed by atoms with van der Waals surface area (Å²) in [5.74, 6) is 0.398. The van der Waals surface area contributed by atoms with Crippen molar-refractivity contribution in [1.29, 1.82) is 0 Å². The second-order valence-corrected chi connectivity index (χ2v) is 5.96. The summed E-state index contributed by atoms with van der Waals surface area (Å²) in [5, 5.41) is 7.51. The molecule has 3 rings (SSSR count). The van der Waals surface area contributed by atoms with Gasteiger partial charge in [0.1, 0.15) is 0 Å². The number of aryl methyl sites for hydroxylation is 1. The van der Waals surface area contributed by atoms with Gasteiger partial charge in [-0.05, 0) is 38.7 Å². The molecule has 0 radical (unpaired) electrons. The average Bonchev–Trinajstić information content (AvgIpc) is 3.00. The minimum atomic E-state index is -0.276. The zero-order chi connectivity index (χ0) is 16.4. The van der Waals surface area contributed by atoms with Crippen molar-refractivity contribution in [2.45, 2.75) is 45.2 Å². The van der Waals surface area contributed by atoms with Crippen molar-refractivity contribution in [3.63, 3.8) is 0 Å². The molecule has 2 aromatic heterocycles. The first kappa shape index (κ1) is 15.5. The number of rotatable bonds is 4. The van der Waals surface area contributed by atoms with Crippen LogP contribution in [0.3, 0.4) is 0 Å². The molecular weight excluding hydrogens is 294 g/mol. The van der Waals surface area contributed by atoms with Crippen molar-refractivity contribution in [2.75, 3.05) is 7.11 Å². The molecule has 1 unspecified atom stereocenters. The predicted molar refractivity (Wildman–Crippen MR) is 84.3 cm³/mol. The van der Waals surface area contributed by atoms with Gasteiger partial charge in [0.2, 0.25) is 5.82 Å². The third-order valence-electron chi connectivity index (χ3n) is 4.04. The third-order valence-corrected chi connectivity index (χ3v) is 4.04. The molecule has 0 saturated heterocycles. The number of nitrogens with zero attached hydrogens (tertiary/aromatic N) is 4. The van der Waals surface area contributed by atoms with Gasteiger partial charge in [0, 0.05) is 6.04 Å². The van der Waals surface area contributed by atoms with Gasteiger partial charge in [-0.1, -0.05) is 0 Å². The lowest BCUT2D eigenvalue weighted by Gasteiger charge is -2.26. The third kappa shape index (κ3) is 3.04. The Hall–Kier alpha value is -2.44. The Morgan fingerprint density at radius 1 is 1.35 bits per heavy atom. The number of carbonyl (C=O) groups is 1. The molecule has 2 heterocycles. The molecule has 7 heteroatoms. The Morgan fingerprint density at radius 2 is 2.09 bits per heavy atom. The minimum Gasteiger partial charge on any atom is -0.494 e. The standard InChI is InChI=1S/C16H21N5O2/c1-10(2)21-14-11(7-19-21)5-4-6-13(14)20-16(22)15-17-8-12(23-3)9-18-15/h7-10,13H,4-6H2,1-3H3,(H,20,22). The van der Waals surface area contributed by atoms with E-state index in [-0.39, 0.29) is 23.8 Å². The number of nitrogens with one attached hydrogen (secondary N) is 1. The van der Waals surface area contributed by atoms with Crippen LogP contribution >= 0.6 is 0 Å². The quantitative estimate of drug-likeness (QED) is 0.934. The number of hydrogen-bond donors (Lipinski definition) is 1. The van der Waals surface area contributed by atoms with Gasteiger partial charge >= 0.3 is 0 Å². The van der Waals surface area contributed by atoms with Crippen molar-refractivity contribution in [1.82, 2.24) is 25.1 Å². The Labute approximate surface area is 135 Å². The number of hydrogen-bond acceptors (Lipinski definition) is 5. The van der Waals surface area contributed by atoms with Crippen LogP contribution in [0.1, 0.15) is 60.6 Å². The summed E-state index contributed by atoms with van der Waals surface area (Å²) >= 11 is 0. The SMILES string of the molecule is COc1cnc(C(=O)NC2CCCc3cnn(C(C)C)c32)nc1. The zero-order valence-corrected chi connectivity index (χ0v) is 13.6. The zero-order valence-electron chi connectivity index (χ0n) is 13.6. The van der Waals surface area contributed by atoms with E-state index in [1.54, 1.807) is 0 Å². The van der Waals surface area contributed by atoms with Crippen LogP contribution < -0.4 is 10.1 Å². The molecule has 1 atom stereocenters. The molecule has 122 valence electrons. The van der Waals surface area contributed by atoms with Gasteiger partial charge in [0.15, 0.2) is 5.75 Å². The molecule has 0 spiro atoms.